The highest BCUT2D eigenvalue weighted by molar-refractivity contribution is 6.31. The Balaban J connectivity index is 3.17. The van der Waals surface area contributed by atoms with Gasteiger partial charge in [-0.1, -0.05) is 43.6 Å². The molecule has 5 nitrogen and oxygen atoms in total. The third-order valence-corrected chi connectivity index (χ3v) is 3.52. The van der Waals surface area contributed by atoms with Crippen molar-refractivity contribution in [3.8, 4) is 0 Å². The van der Waals surface area contributed by atoms with Gasteiger partial charge in [-0.25, -0.2) is 9.59 Å². The topological polar surface area (TPSA) is 66.8 Å². The maximum Gasteiger partial charge on any atom is 0.411 e. The molecule has 0 heterocycles. The van der Waals surface area contributed by atoms with Crippen LogP contribution in [0.4, 0.5) is 4.79 Å². The Morgan fingerprint density at radius 2 is 1.83 bits per heavy atom. The molecule has 1 aromatic carbocycles. The maximum atomic E-state index is 12.5. The molecular weight excluding hydrogens is 318 g/mol. The number of carbonyl (C=O) groups excluding carboxylic acids is 1. The van der Waals surface area contributed by atoms with Crippen molar-refractivity contribution in [3.63, 3.8) is 0 Å². The van der Waals surface area contributed by atoms with Gasteiger partial charge in [-0.15, -0.1) is 0 Å². The summed E-state index contributed by atoms with van der Waals surface area (Å²) in [6.07, 6.45) is -0.668. The van der Waals surface area contributed by atoms with E-state index >= 15 is 0 Å². The smallest absolute Gasteiger partial charge is 0.411 e. The number of carbonyl (C=O) groups is 2. The molecule has 1 unspecified atom stereocenters. The minimum absolute atomic E-state index is 0.0731. The van der Waals surface area contributed by atoms with E-state index in [0.29, 0.717) is 10.6 Å². The van der Waals surface area contributed by atoms with Gasteiger partial charge in [-0.05, 0) is 38.3 Å². The average Bonchev–Trinajstić information content (AvgIpc) is 2.37. The fourth-order valence-corrected chi connectivity index (χ4v) is 2.38. The van der Waals surface area contributed by atoms with Gasteiger partial charge in [-0.3, -0.25) is 4.90 Å². The SMILES string of the molecule is CC(C)C(C(=O)O)N(Cc1ccccc1Cl)C(=O)OC(C)(C)C. The molecule has 0 radical (unpaired) electrons. The first-order chi connectivity index (χ1) is 10.5. The Kier molecular flexibility index (Phi) is 6.45. The van der Waals surface area contributed by atoms with Crippen LogP contribution < -0.4 is 0 Å². The molecule has 1 aromatic rings. The van der Waals surface area contributed by atoms with Crippen molar-refractivity contribution in [3.05, 3.63) is 34.9 Å². The zero-order chi connectivity index (χ0) is 17.8. The predicted octanol–water partition coefficient (Wildman–Crippen LogP) is 4.19. The van der Waals surface area contributed by atoms with Crippen LogP contribution in [0.2, 0.25) is 5.02 Å². The van der Waals surface area contributed by atoms with Gasteiger partial charge in [0, 0.05) is 5.02 Å². The van der Waals surface area contributed by atoms with E-state index in [0.717, 1.165) is 0 Å². The molecular formula is C17H24ClNO4. The Labute approximate surface area is 142 Å². The molecule has 0 spiro atoms. The van der Waals surface area contributed by atoms with Crippen molar-refractivity contribution in [1.29, 1.82) is 0 Å². The Bertz CT molecular complexity index is 566. The Morgan fingerprint density at radius 3 is 2.26 bits per heavy atom. The van der Waals surface area contributed by atoms with Gasteiger partial charge in [0.25, 0.3) is 0 Å². The number of halogens is 1. The van der Waals surface area contributed by atoms with Crippen molar-refractivity contribution in [2.24, 2.45) is 5.92 Å². The van der Waals surface area contributed by atoms with Crippen molar-refractivity contribution in [1.82, 2.24) is 4.90 Å². The monoisotopic (exact) mass is 341 g/mol. The van der Waals surface area contributed by atoms with E-state index in [1.807, 2.05) is 0 Å². The summed E-state index contributed by atoms with van der Waals surface area (Å²) in [5.41, 5.74) is -0.0394. The van der Waals surface area contributed by atoms with Crippen LogP contribution in [-0.2, 0) is 16.1 Å². The van der Waals surface area contributed by atoms with Crippen LogP contribution in [0, 0.1) is 5.92 Å². The molecule has 0 bridgehead atoms. The van der Waals surface area contributed by atoms with Crippen LogP contribution in [0.3, 0.4) is 0 Å². The van der Waals surface area contributed by atoms with E-state index < -0.39 is 23.7 Å². The van der Waals surface area contributed by atoms with Crippen LogP contribution in [0.5, 0.6) is 0 Å². The first-order valence-electron chi connectivity index (χ1n) is 7.48. The summed E-state index contributed by atoms with van der Waals surface area (Å²) in [6.45, 7) is 8.80. The van der Waals surface area contributed by atoms with Crippen LogP contribution in [0.25, 0.3) is 0 Å². The fourth-order valence-electron chi connectivity index (χ4n) is 2.19. The van der Waals surface area contributed by atoms with Gasteiger partial charge >= 0.3 is 12.1 Å². The Morgan fingerprint density at radius 1 is 1.26 bits per heavy atom. The third-order valence-electron chi connectivity index (χ3n) is 3.15. The molecule has 128 valence electrons. The largest absolute Gasteiger partial charge is 0.480 e. The lowest BCUT2D eigenvalue weighted by molar-refractivity contribution is -0.145. The van der Waals surface area contributed by atoms with E-state index in [4.69, 9.17) is 16.3 Å². The van der Waals surface area contributed by atoms with Crippen LogP contribution in [-0.4, -0.2) is 33.7 Å². The second-order valence-corrected chi connectivity index (χ2v) is 7.13. The fraction of sp³-hybridized carbons (Fsp3) is 0.529. The Hall–Kier alpha value is -1.75. The number of carboxylic acids is 1. The number of amides is 1. The lowest BCUT2D eigenvalue weighted by atomic mass is 10.0. The summed E-state index contributed by atoms with van der Waals surface area (Å²) in [7, 11) is 0. The van der Waals surface area contributed by atoms with Crippen LogP contribution >= 0.6 is 11.6 Å². The zero-order valence-corrected chi connectivity index (χ0v) is 14.9. The molecule has 1 amide bonds. The van der Waals surface area contributed by atoms with E-state index in [2.05, 4.69) is 0 Å². The van der Waals surface area contributed by atoms with E-state index in [1.54, 1.807) is 58.9 Å². The molecule has 1 rings (SSSR count). The minimum Gasteiger partial charge on any atom is -0.480 e. The minimum atomic E-state index is -1.07. The number of hydrogen-bond donors (Lipinski definition) is 1. The van der Waals surface area contributed by atoms with E-state index in [-0.39, 0.29) is 12.5 Å². The highest BCUT2D eigenvalue weighted by Crippen LogP contribution is 2.23. The lowest BCUT2D eigenvalue weighted by Gasteiger charge is -2.33. The number of hydrogen-bond acceptors (Lipinski definition) is 3. The molecule has 1 atom stereocenters. The van der Waals surface area contributed by atoms with Gasteiger partial charge in [0.1, 0.15) is 11.6 Å². The molecule has 0 fully saturated rings. The molecule has 0 aliphatic rings. The third kappa shape index (κ3) is 5.75. The summed E-state index contributed by atoms with van der Waals surface area (Å²) in [5, 5.41) is 10.0. The molecule has 0 saturated heterocycles. The first kappa shape index (κ1) is 19.3. The molecule has 1 N–H and O–H groups in total. The number of ether oxygens (including phenoxy) is 1. The van der Waals surface area contributed by atoms with Crippen LogP contribution in [0.1, 0.15) is 40.2 Å². The predicted molar refractivity (Wildman–Crippen MR) is 89.5 cm³/mol. The second kappa shape index (κ2) is 7.68. The molecule has 0 aromatic heterocycles. The van der Waals surface area contributed by atoms with Gasteiger partial charge in [0.2, 0.25) is 0 Å². The quantitative estimate of drug-likeness (QED) is 0.872. The van der Waals surface area contributed by atoms with E-state index in [1.165, 1.54) is 4.90 Å². The molecule has 0 aliphatic carbocycles. The number of rotatable bonds is 5. The summed E-state index contributed by atoms with van der Waals surface area (Å²) in [5.74, 6) is -1.35. The van der Waals surface area contributed by atoms with Gasteiger partial charge < -0.3 is 9.84 Å². The number of carboxylic acid groups (broad SMARTS) is 1. The summed E-state index contributed by atoms with van der Waals surface area (Å²) in [6, 6.07) is 6.04. The van der Waals surface area contributed by atoms with Crippen molar-refractivity contribution in [2.75, 3.05) is 0 Å². The molecule has 23 heavy (non-hydrogen) atoms. The summed E-state index contributed by atoms with van der Waals surface area (Å²) < 4.78 is 5.37. The van der Waals surface area contributed by atoms with Gasteiger partial charge in [0.05, 0.1) is 6.54 Å². The molecule has 0 aliphatic heterocycles. The number of aliphatic carboxylic acids is 1. The normalized spacial score (nSPS) is 12.8. The highest BCUT2D eigenvalue weighted by Gasteiger charge is 2.35. The second-order valence-electron chi connectivity index (χ2n) is 6.73. The maximum absolute atomic E-state index is 12.5. The van der Waals surface area contributed by atoms with Crippen molar-refractivity contribution < 1.29 is 19.4 Å². The summed E-state index contributed by atoms with van der Waals surface area (Å²) in [4.78, 5) is 25.4. The summed E-state index contributed by atoms with van der Waals surface area (Å²) >= 11 is 6.14. The van der Waals surface area contributed by atoms with Gasteiger partial charge in [-0.2, -0.15) is 0 Å². The number of nitrogens with zero attached hydrogens (tertiary/aromatic N) is 1. The van der Waals surface area contributed by atoms with Crippen molar-refractivity contribution in [2.45, 2.75) is 52.8 Å². The average molecular weight is 342 g/mol. The van der Waals surface area contributed by atoms with Crippen LogP contribution in [0.15, 0.2) is 24.3 Å². The standard InChI is InChI=1S/C17H24ClNO4/c1-11(2)14(15(20)21)19(16(22)23-17(3,4)5)10-12-8-6-7-9-13(12)18/h6-9,11,14H,10H2,1-5H3,(H,20,21). The van der Waals surface area contributed by atoms with Crippen molar-refractivity contribution >= 4 is 23.7 Å². The molecule has 0 saturated carbocycles. The first-order valence-corrected chi connectivity index (χ1v) is 7.86. The molecule has 6 heteroatoms. The highest BCUT2D eigenvalue weighted by atomic mass is 35.5. The van der Waals surface area contributed by atoms with Gasteiger partial charge in [0.15, 0.2) is 0 Å². The van der Waals surface area contributed by atoms with E-state index in [9.17, 15) is 14.7 Å². The zero-order valence-electron chi connectivity index (χ0n) is 14.2. The number of benzene rings is 1. The lowest BCUT2D eigenvalue weighted by Crippen LogP contribution is -2.49.